The van der Waals surface area contributed by atoms with Crippen LogP contribution in [0, 0.1) is 5.82 Å². The maximum atomic E-state index is 13.9. The minimum atomic E-state index is -1.54. The molecule has 2 aromatic rings. The van der Waals surface area contributed by atoms with E-state index in [1.54, 1.807) is 6.07 Å². The van der Waals surface area contributed by atoms with Gasteiger partial charge in [-0.3, -0.25) is 4.79 Å². The molecule has 19 heavy (non-hydrogen) atoms. The van der Waals surface area contributed by atoms with Crippen molar-refractivity contribution in [2.24, 2.45) is 0 Å². The molecule has 1 aromatic carbocycles. The third-order valence-electron chi connectivity index (χ3n) is 2.58. The summed E-state index contributed by atoms with van der Waals surface area (Å²) in [6, 6.07) is 8.38. The van der Waals surface area contributed by atoms with E-state index in [0.29, 0.717) is 0 Å². The third-order valence-corrected chi connectivity index (χ3v) is 3.50. The normalized spacial score (nSPS) is 11.4. The molecule has 0 aliphatic carbocycles. The summed E-state index contributed by atoms with van der Waals surface area (Å²) in [4.78, 5) is 12.5. The molecule has 0 unspecified atom stereocenters. The number of halogens is 1. The Labute approximate surface area is 114 Å². The number of hydrogen-bond donors (Lipinski definition) is 2. The highest BCUT2D eigenvalue weighted by Crippen LogP contribution is 2.28. The summed E-state index contributed by atoms with van der Waals surface area (Å²) in [6.07, 6.45) is 0. The van der Waals surface area contributed by atoms with Crippen molar-refractivity contribution in [3.05, 3.63) is 41.5 Å². The lowest BCUT2D eigenvalue weighted by Crippen LogP contribution is -2.36. The molecule has 0 saturated heterocycles. The summed E-state index contributed by atoms with van der Waals surface area (Å²) in [5.41, 5.74) is -0.722. The van der Waals surface area contributed by atoms with Crippen molar-refractivity contribution in [2.45, 2.75) is 19.4 Å². The number of aliphatic hydroxyl groups is 1. The van der Waals surface area contributed by atoms with Crippen molar-refractivity contribution in [3.63, 3.8) is 0 Å². The molecule has 5 heteroatoms. The summed E-state index contributed by atoms with van der Waals surface area (Å²) in [5, 5.41) is 13.8. The zero-order valence-corrected chi connectivity index (χ0v) is 11.4. The second kappa shape index (κ2) is 5.11. The molecular weight excluding hydrogens is 265 g/mol. The molecule has 0 fully saturated rings. The Bertz CT molecular complexity index is 588. The molecule has 0 spiro atoms. The van der Waals surface area contributed by atoms with Crippen molar-refractivity contribution in [1.82, 2.24) is 0 Å². The number of amides is 1. The number of carbonyl (C=O) groups is 1. The fourth-order valence-corrected chi connectivity index (χ4v) is 2.21. The Balaban J connectivity index is 2.23. The fraction of sp³-hybridized carbons (Fsp3) is 0.214. The summed E-state index contributed by atoms with van der Waals surface area (Å²) in [6.45, 7) is 2.69. The SMILES string of the molecule is CC(C)(O)C(=O)Nc1ccc(-c2cccs2)cc1F. The van der Waals surface area contributed by atoms with Gasteiger partial charge in [-0.2, -0.15) is 0 Å². The van der Waals surface area contributed by atoms with E-state index in [0.717, 1.165) is 10.4 Å². The Kier molecular flexibility index (Phi) is 3.68. The van der Waals surface area contributed by atoms with E-state index in [2.05, 4.69) is 5.32 Å². The quantitative estimate of drug-likeness (QED) is 0.906. The van der Waals surface area contributed by atoms with Gasteiger partial charge in [-0.15, -0.1) is 11.3 Å². The first-order valence-electron chi connectivity index (χ1n) is 5.75. The van der Waals surface area contributed by atoms with Crippen LogP contribution in [0.15, 0.2) is 35.7 Å². The van der Waals surface area contributed by atoms with Crippen LogP contribution in [0.1, 0.15) is 13.8 Å². The van der Waals surface area contributed by atoms with Crippen LogP contribution < -0.4 is 5.32 Å². The number of benzene rings is 1. The number of nitrogens with one attached hydrogen (secondary N) is 1. The van der Waals surface area contributed by atoms with Crippen molar-refractivity contribution in [1.29, 1.82) is 0 Å². The van der Waals surface area contributed by atoms with Crippen LogP contribution >= 0.6 is 11.3 Å². The van der Waals surface area contributed by atoms with Gasteiger partial charge < -0.3 is 10.4 Å². The summed E-state index contributed by atoms with van der Waals surface area (Å²) in [7, 11) is 0. The molecule has 0 bridgehead atoms. The molecule has 100 valence electrons. The lowest BCUT2D eigenvalue weighted by molar-refractivity contribution is -0.130. The molecule has 1 amide bonds. The number of anilines is 1. The average molecular weight is 279 g/mol. The smallest absolute Gasteiger partial charge is 0.255 e. The van der Waals surface area contributed by atoms with Crippen molar-refractivity contribution >= 4 is 22.9 Å². The number of rotatable bonds is 3. The van der Waals surface area contributed by atoms with Gasteiger partial charge in [0.05, 0.1) is 5.69 Å². The molecule has 1 aromatic heterocycles. The Hall–Kier alpha value is -1.72. The Morgan fingerprint density at radius 2 is 2.11 bits per heavy atom. The molecule has 3 nitrogen and oxygen atoms in total. The van der Waals surface area contributed by atoms with E-state index in [-0.39, 0.29) is 5.69 Å². The number of carbonyl (C=O) groups excluding carboxylic acids is 1. The van der Waals surface area contributed by atoms with Crippen molar-refractivity contribution in [2.75, 3.05) is 5.32 Å². The number of hydrogen-bond acceptors (Lipinski definition) is 3. The molecule has 0 aliphatic rings. The van der Waals surface area contributed by atoms with Crippen LogP contribution in [-0.4, -0.2) is 16.6 Å². The van der Waals surface area contributed by atoms with Gasteiger partial charge in [0.15, 0.2) is 0 Å². The van der Waals surface area contributed by atoms with E-state index in [9.17, 15) is 14.3 Å². The minimum Gasteiger partial charge on any atom is -0.381 e. The maximum absolute atomic E-state index is 13.9. The fourth-order valence-electron chi connectivity index (χ4n) is 1.49. The van der Waals surface area contributed by atoms with E-state index in [1.807, 2.05) is 17.5 Å². The van der Waals surface area contributed by atoms with Crippen LogP contribution in [0.5, 0.6) is 0 Å². The van der Waals surface area contributed by atoms with Crippen molar-refractivity contribution < 1.29 is 14.3 Å². The van der Waals surface area contributed by atoms with Gasteiger partial charge in [-0.25, -0.2) is 4.39 Å². The lowest BCUT2D eigenvalue weighted by Gasteiger charge is -2.17. The van der Waals surface area contributed by atoms with Gasteiger partial charge in [0, 0.05) is 4.88 Å². The first kappa shape index (κ1) is 13.7. The summed E-state index contributed by atoms with van der Waals surface area (Å²) >= 11 is 1.51. The Morgan fingerprint density at radius 3 is 2.63 bits per heavy atom. The van der Waals surface area contributed by atoms with Crippen LogP contribution in [-0.2, 0) is 4.79 Å². The second-order valence-corrected chi connectivity index (χ2v) is 5.63. The highest BCUT2D eigenvalue weighted by atomic mass is 32.1. The van der Waals surface area contributed by atoms with Crippen LogP contribution in [0.25, 0.3) is 10.4 Å². The van der Waals surface area contributed by atoms with Crippen LogP contribution in [0.4, 0.5) is 10.1 Å². The zero-order chi connectivity index (χ0) is 14.0. The lowest BCUT2D eigenvalue weighted by atomic mass is 10.1. The molecule has 2 N–H and O–H groups in total. The molecule has 0 atom stereocenters. The van der Waals surface area contributed by atoms with E-state index >= 15 is 0 Å². The predicted octanol–water partition coefficient (Wildman–Crippen LogP) is 3.26. The molecule has 0 aliphatic heterocycles. The van der Waals surface area contributed by atoms with E-state index in [1.165, 1.54) is 37.3 Å². The van der Waals surface area contributed by atoms with Gasteiger partial charge in [-0.05, 0) is 43.0 Å². The topological polar surface area (TPSA) is 49.3 Å². The van der Waals surface area contributed by atoms with Gasteiger partial charge in [0.25, 0.3) is 5.91 Å². The summed E-state index contributed by atoms with van der Waals surface area (Å²) < 4.78 is 13.9. The number of thiophene rings is 1. The third kappa shape index (κ3) is 3.19. The second-order valence-electron chi connectivity index (χ2n) is 4.69. The van der Waals surface area contributed by atoms with E-state index in [4.69, 9.17) is 0 Å². The standard InChI is InChI=1S/C14H14FNO2S/c1-14(2,18)13(17)16-11-6-5-9(8-10(11)15)12-4-3-7-19-12/h3-8,18H,1-2H3,(H,16,17). The van der Waals surface area contributed by atoms with Gasteiger partial charge in [0.1, 0.15) is 11.4 Å². The first-order chi connectivity index (χ1) is 8.88. The van der Waals surface area contributed by atoms with Crippen LogP contribution in [0.2, 0.25) is 0 Å². The highest BCUT2D eigenvalue weighted by molar-refractivity contribution is 7.13. The van der Waals surface area contributed by atoms with Gasteiger partial charge in [-0.1, -0.05) is 12.1 Å². The monoisotopic (exact) mass is 279 g/mol. The predicted molar refractivity (Wildman–Crippen MR) is 74.6 cm³/mol. The molecule has 0 radical (unpaired) electrons. The van der Waals surface area contributed by atoms with Crippen LogP contribution in [0.3, 0.4) is 0 Å². The molecule has 0 saturated carbocycles. The Morgan fingerprint density at radius 1 is 1.37 bits per heavy atom. The molecular formula is C14H14FNO2S. The zero-order valence-electron chi connectivity index (χ0n) is 10.6. The van der Waals surface area contributed by atoms with E-state index < -0.39 is 17.3 Å². The largest absolute Gasteiger partial charge is 0.381 e. The van der Waals surface area contributed by atoms with Crippen molar-refractivity contribution in [3.8, 4) is 10.4 Å². The maximum Gasteiger partial charge on any atom is 0.255 e. The first-order valence-corrected chi connectivity index (χ1v) is 6.63. The average Bonchev–Trinajstić information content (AvgIpc) is 2.84. The minimum absolute atomic E-state index is 0.0624. The molecule has 2 rings (SSSR count). The molecule has 1 heterocycles. The summed E-state index contributed by atoms with van der Waals surface area (Å²) in [5.74, 6) is -1.17. The van der Waals surface area contributed by atoms with Gasteiger partial charge >= 0.3 is 0 Å². The van der Waals surface area contributed by atoms with Gasteiger partial charge in [0.2, 0.25) is 0 Å². The highest BCUT2D eigenvalue weighted by Gasteiger charge is 2.24.